The number of hydrogen-bond acceptors (Lipinski definition) is 4. The zero-order valence-corrected chi connectivity index (χ0v) is 15.5. The average Bonchev–Trinajstić information content (AvgIpc) is 2.62. The third-order valence-electron chi connectivity index (χ3n) is 4.34. The van der Waals surface area contributed by atoms with Crippen LogP contribution in [0.15, 0.2) is 36.4 Å². The van der Waals surface area contributed by atoms with E-state index < -0.39 is 0 Å². The number of nitrogens with zero attached hydrogens (tertiary/aromatic N) is 1. The number of hydrogen-bond donors (Lipinski definition) is 2. The fraction of sp³-hybridized carbons (Fsp3) is 0.300. The minimum atomic E-state index is -0.243. The van der Waals surface area contributed by atoms with Gasteiger partial charge in [0.1, 0.15) is 5.75 Å². The molecule has 0 radical (unpaired) electrons. The Morgan fingerprint density at radius 1 is 1.12 bits per heavy atom. The van der Waals surface area contributed by atoms with Crippen molar-refractivity contribution in [1.82, 2.24) is 4.98 Å². The Hall–Kier alpha value is -2.53. The van der Waals surface area contributed by atoms with Crippen LogP contribution in [0, 0.1) is 0 Å². The van der Waals surface area contributed by atoms with Crippen molar-refractivity contribution >= 4 is 45.0 Å². The van der Waals surface area contributed by atoms with Crippen molar-refractivity contribution in [1.29, 1.82) is 0 Å². The van der Waals surface area contributed by atoms with Gasteiger partial charge in [0.05, 0.1) is 23.8 Å². The first-order valence-electron chi connectivity index (χ1n) is 8.67. The van der Waals surface area contributed by atoms with Gasteiger partial charge in [0, 0.05) is 28.8 Å². The number of methoxy groups -OCH3 is 1. The molecule has 0 atom stereocenters. The van der Waals surface area contributed by atoms with Crippen molar-refractivity contribution in [2.75, 3.05) is 19.0 Å². The molecule has 0 saturated heterocycles. The van der Waals surface area contributed by atoms with Gasteiger partial charge in [0.25, 0.3) is 0 Å². The third-order valence-corrected chi connectivity index (χ3v) is 4.58. The van der Waals surface area contributed by atoms with Crippen molar-refractivity contribution in [3.05, 3.63) is 41.4 Å². The molecule has 3 rings (SSSR count). The lowest BCUT2D eigenvalue weighted by Gasteiger charge is -2.14. The van der Waals surface area contributed by atoms with E-state index in [-0.39, 0.29) is 5.91 Å². The summed E-state index contributed by atoms with van der Waals surface area (Å²) in [4.78, 5) is 15.5. The first-order valence-corrected chi connectivity index (χ1v) is 9.05. The second-order valence-corrected chi connectivity index (χ2v) is 6.67. The van der Waals surface area contributed by atoms with Gasteiger partial charge in [-0.1, -0.05) is 18.0 Å². The van der Waals surface area contributed by atoms with Gasteiger partial charge >= 0.3 is 0 Å². The van der Waals surface area contributed by atoms with Crippen LogP contribution in [0.5, 0.6) is 5.75 Å². The molecule has 0 unspecified atom stereocenters. The van der Waals surface area contributed by atoms with E-state index in [0.29, 0.717) is 11.4 Å². The topological polar surface area (TPSA) is 77.2 Å². The minimum Gasteiger partial charge on any atom is -0.497 e. The van der Waals surface area contributed by atoms with Gasteiger partial charge < -0.3 is 15.8 Å². The normalized spacial score (nSPS) is 11.0. The van der Waals surface area contributed by atoms with Gasteiger partial charge in [-0.15, -0.1) is 0 Å². The lowest BCUT2D eigenvalue weighted by Crippen LogP contribution is -2.10. The number of benzene rings is 2. The van der Waals surface area contributed by atoms with Crippen molar-refractivity contribution in [2.45, 2.75) is 25.7 Å². The number of ether oxygens (including phenoxy) is 1. The average molecular weight is 372 g/mol. The lowest BCUT2D eigenvalue weighted by atomic mass is 10.1. The van der Waals surface area contributed by atoms with Crippen LogP contribution in [0.1, 0.15) is 25.7 Å². The molecule has 1 heterocycles. The summed E-state index contributed by atoms with van der Waals surface area (Å²) in [5, 5.41) is 6.23. The number of rotatable bonds is 8. The molecule has 0 aliphatic rings. The van der Waals surface area contributed by atoms with Crippen molar-refractivity contribution in [3.8, 4) is 5.75 Å². The predicted octanol–water partition coefficient (Wildman–Crippen LogP) is 4.51. The summed E-state index contributed by atoms with van der Waals surface area (Å²) in [6.45, 7) is 0.798. The van der Waals surface area contributed by atoms with E-state index in [9.17, 15) is 4.79 Å². The molecule has 5 nitrogen and oxygen atoms in total. The Bertz CT molecular complexity index is 943. The molecule has 0 aliphatic carbocycles. The smallest absolute Gasteiger partial charge is 0.217 e. The molecule has 3 aromatic rings. The van der Waals surface area contributed by atoms with E-state index in [2.05, 4.69) is 5.32 Å². The molecular weight excluding hydrogens is 350 g/mol. The number of halogens is 1. The molecule has 2 aromatic carbocycles. The molecule has 136 valence electrons. The van der Waals surface area contributed by atoms with E-state index in [0.717, 1.165) is 59.0 Å². The van der Waals surface area contributed by atoms with E-state index in [1.807, 2.05) is 36.4 Å². The van der Waals surface area contributed by atoms with Crippen LogP contribution in [0.3, 0.4) is 0 Å². The van der Waals surface area contributed by atoms with Gasteiger partial charge in [-0.3, -0.25) is 4.79 Å². The largest absolute Gasteiger partial charge is 0.497 e. The standard InChI is InChI=1S/C20H22ClN3O2/c1-26-14-7-9-17-16(12-14)20(23-10-4-2-3-5-19(22)25)15-8-6-13(21)11-18(15)24-17/h6-9,11-12H,2-5,10H2,1H3,(H2,22,25)(H,23,24). The number of nitrogens with two attached hydrogens (primary N) is 1. The van der Waals surface area contributed by atoms with E-state index in [4.69, 9.17) is 27.1 Å². The molecular formula is C20H22ClN3O2. The van der Waals surface area contributed by atoms with Crippen LogP contribution < -0.4 is 15.8 Å². The Balaban J connectivity index is 1.89. The van der Waals surface area contributed by atoms with Crippen LogP contribution in [0.4, 0.5) is 5.69 Å². The molecule has 0 aliphatic heterocycles. The quantitative estimate of drug-likeness (QED) is 0.451. The zero-order valence-electron chi connectivity index (χ0n) is 14.7. The monoisotopic (exact) mass is 371 g/mol. The van der Waals surface area contributed by atoms with E-state index >= 15 is 0 Å². The van der Waals surface area contributed by atoms with E-state index in [1.165, 1.54) is 0 Å². The number of carbonyl (C=O) groups excluding carboxylic acids is 1. The van der Waals surface area contributed by atoms with Crippen LogP contribution >= 0.6 is 11.6 Å². The summed E-state index contributed by atoms with van der Waals surface area (Å²) in [5.74, 6) is 0.546. The Morgan fingerprint density at radius 3 is 2.73 bits per heavy atom. The minimum absolute atomic E-state index is 0.243. The first-order chi connectivity index (χ1) is 12.6. The highest BCUT2D eigenvalue weighted by atomic mass is 35.5. The summed E-state index contributed by atoms with van der Waals surface area (Å²) in [7, 11) is 1.65. The van der Waals surface area contributed by atoms with Crippen LogP contribution in [-0.4, -0.2) is 24.5 Å². The number of primary amides is 1. The lowest BCUT2D eigenvalue weighted by molar-refractivity contribution is -0.118. The first kappa shape index (κ1) is 18.3. The number of pyridine rings is 1. The number of carbonyl (C=O) groups is 1. The van der Waals surface area contributed by atoms with Crippen LogP contribution in [0.25, 0.3) is 21.8 Å². The number of amides is 1. The van der Waals surface area contributed by atoms with Crippen molar-refractivity contribution in [3.63, 3.8) is 0 Å². The summed E-state index contributed by atoms with van der Waals surface area (Å²) >= 11 is 6.14. The van der Waals surface area contributed by atoms with Gasteiger partial charge in [-0.2, -0.15) is 0 Å². The van der Waals surface area contributed by atoms with Gasteiger partial charge in [0.15, 0.2) is 0 Å². The summed E-state index contributed by atoms with van der Waals surface area (Å²) in [6.07, 6.45) is 3.16. The van der Waals surface area contributed by atoms with Crippen molar-refractivity contribution < 1.29 is 9.53 Å². The fourth-order valence-corrected chi connectivity index (χ4v) is 3.19. The number of nitrogens with one attached hydrogen (secondary N) is 1. The molecule has 26 heavy (non-hydrogen) atoms. The Kier molecular flexibility index (Phi) is 5.78. The number of unbranched alkanes of at least 4 members (excludes halogenated alkanes) is 2. The molecule has 0 saturated carbocycles. The van der Waals surface area contributed by atoms with E-state index in [1.54, 1.807) is 7.11 Å². The highest BCUT2D eigenvalue weighted by Crippen LogP contribution is 2.34. The molecule has 0 bridgehead atoms. The van der Waals surface area contributed by atoms with Gasteiger partial charge in [-0.05, 0) is 49.2 Å². The second-order valence-electron chi connectivity index (χ2n) is 6.24. The predicted molar refractivity (Wildman–Crippen MR) is 107 cm³/mol. The summed E-state index contributed by atoms with van der Waals surface area (Å²) in [5.41, 5.74) is 7.94. The summed E-state index contributed by atoms with van der Waals surface area (Å²) < 4.78 is 5.37. The highest BCUT2D eigenvalue weighted by Gasteiger charge is 2.10. The fourth-order valence-electron chi connectivity index (χ4n) is 3.03. The van der Waals surface area contributed by atoms with Crippen molar-refractivity contribution in [2.24, 2.45) is 5.73 Å². The van der Waals surface area contributed by atoms with Gasteiger partial charge in [0.2, 0.25) is 5.91 Å². The summed E-state index contributed by atoms with van der Waals surface area (Å²) in [6, 6.07) is 11.6. The number of fused-ring (bicyclic) bond motifs is 2. The zero-order chi connectivity index (χ0) is 18.5. The second kappa shape index (κ2) is 8.23. The number of aromatic nitrogens is 1. The maximum Gasteiger partial charge on any atom is 0.217 e. The highest BCUT2D eigenvalue weighted by molar-refractivity contribution is 6.31. The maximum absolute atomic E-state index is 10.8. The molecule has 1 amide bonds. The Labute approximate surface area is 157 Å². The SMILES string of the molecule is COc1ccc2nc3cc(Cl)ccc3c(NCCCCCC(N)=O)c2c1. The van der Waals surface area contributed by atoms with Gasteiger partial charge in [-0.25, -0.2) is 4.98 Å². The number of anilines is 1. The molecule has 3 N–H and O–H groups in total. The van der Waals surface area contributed by atoms with Crippen LogP contribution in [-0.2, 0) is 4.79 Å². The molecule has 0 fully saturated rings. The molecule has 6 heteroatoms. The van der Waals surface area contributed by atoms with Crippen LogP contribution in [0.2, 0.25) is 5.02 Å². The molecule has 1 aromatic heterocycles. The third kappa shape index (κ3) is 4.17. The maximum atomic E-state index is 10.8. The Morgan fingerprint density at radius 2 is 1.96 bits per heavy atom. The molecule has 0 spiro atoms.